The Morgan fingerprint density at radius 2 is 2.00 bits per heavy atom. The van der Waals surface area contributed by atoms with Gasteiger partial charge in [-0.15, -0.1) is 0 Å². The van der Waals surface area contributed by atoms with E-state index in [-0.39, 0.29) is 18.5 Å². The molecule has 1 aliphatic carbocycles. The first-order chi connectivity index (χ1) is 11.4. The minimum atomic E-state index is -3.57. The minimum absolute atomic E-state index is 0.0862. The van der Waals surface area contributed by atoms with E-state index in [0.29, 0.717) is 31.1 Å². The van der Waals surface area contributed by atoms with Gasteiger partial charge >= 0.3 is 0 Å². The minimum Gasteiger partial charge on any atom is -0.339 e. The van der Waals surface area contributed by atoms with E-state index < -0.39 is 25.6 Å². The van der Waals surface area contributed by atoms with Gasteiger partial charge in [0.25, 0.3) is 10.2 Å². The van der Waals surface area contributed by atoms with Crippen molar-refractivity contribution in [2.75, 3.05) is 33.4 Å². The summed E-state index contributed by atoms with van der Waals surface area (Å²) < 4.78 is 58.8. The zero-order valence-electron chi connectivity index (χ0n) is 14.6. The summed E-state index contributed by atoms with van der Waals surface area (Å²) in [5.41, 5.74) is -0.663. The van der Waals surface area contributed by atoms with Gasteiger partial charge in [-0.1, -0.05) is 5.16 Å². The first-order valence-corrected chi connectivity index (χ1v) is 11.2. The summed E-state index contributed by atoms with van der Waals surface area (Å²) in [6.45, 7) is 2.24. The van der Waals surface area contributed by atoms with Crippen molar-refractivity contribution in [3.05, 3.63) is 11.7 Å². The zero-order valence-corrected chi connectivity index (χ0v) is 16.3. The van der Waals surface area contributed by atoms with Crippen LogP contribution in [0.1, 0.15) is 24.6 Å². The number of rotatable bonds is 5. The normalized spacial score (nSPS) is 30.9. The molecule has 10 nitrogen and oxygen atoms in total. The van der Waals surface area contributed by atoms with Gasteiger partial charge in [0.05, 0.1) is 11.7 Å². The third-order valence-corrected chi connectivity index (χ3v) is 7.87. The van der Waals surface area contributed by atoms with Crippen LogP contribution in [-0.4, -0.2) is 75.1 Å². The van der Waals surface area contributed by atoms with Crippen LogP contribution in [0.2, 0.25) is 0 Å². The molecule has 25 heavy (non-hydrogen) atoms. The molecule has 2 aliphatic rings. The molecule has 1 saturated carbocycles. The molecule has 2 heterocycles. The van der Waals surface area contributed by atoms with Crippen molar-refractivity contribution in [2.24, 2.45) is 5.92 Å². The number of sulfonamides is 1. The zero-order chi connectivity index (χ0) is 18.6. The Morgan fingerprint density at radius 3 is 2.52 bits per heavy atom. The molecule has 1 aliphatic heterocycles. The number of fused-ring (bicyclic) bond motifs is 1. The molecule has 0 unspecified atom stereocenters. The second-order valence-corrected chi connectivity index (χ2v) is 11.0. The topological polar surface area (TPSA) is 126 Å². The van der Waals surface area contributed by atoms with Crippen molar-refractivity contribution in [1.29, 1.82) is 0 Å². The average Bonchev–Trinajstić information content (AvgIpc) is 3.09. The second kappa shape index (κ2) is 5.98. The molecule has 1 aromatic rings. The SMILES string of the molecule is Cc1noc([C@]23C[C@H](NS(=O)(=O)N(C)C)C[C@H]2CN(S(C)(=O)=O)C3)n1. The highest BCUT2D eigenvalue weighted by molar-refractivity contribution is 7.88. The Kier molecular flexibility index (Phi) is 4.47. The number of aromatic nitrogens is 2. The van der Waals surface area contributed by atoms with Gasteiger partial charge in [-0.3, -0.25) is 0 Å². The van der Waals surface area contributed by atoms with E-state index in [1.807, 2.05) is 0 Å². The second-order valence-electron chi connectivity index (χ2n) is 7.10. The van der Waals surface area contributed by atoms with Crippen LogP contribution in [0.15, 0.2) is 4.52 Å². The standard InChI is InChI=1S/C13H23N5O5S2/c1-9-14-12(23-15-9)13-6-11(16-25(21,22)17(2)3)5-10(13)7-18(8-13)24(4,19)20/h10-11,16H,5-8H2,1-4H3/t10-,11+,13-/m0/s1. The maximum atomic E-state index is 12.1. The van der Waals surface area contributed by atoms with Crippen LogP contribution in [0.5, 0.6) is 0 Å². The smallest absolute Gasteiger partial charge is 0.279 e. The van der Waals surface area contributed by atoms with Crippen LogP contribution in [0.3, 0.4) is 0 Å². The molecule has 0 aromatic carbocycles. The van der Waals surface area contributed by atoms with Gasteiger partial charge in [0, 0.05) is 33.2 Å². The molecule has 0 spiro atoms. The van der Waals surface area contributed by atoms with E-state index in [1.54, 1.807) is 6.92 Å². The van der Waals surface area contributed by atoms with Crippen LogP contribution in [0.25, 0.3) is 0 Å². The van der Waals surface area contributed by atoms with Gasteiger partial charge in [-0.05, 0) is 25.7 Å². The highest BCUT2D eigenvalue weighted by atomic mass is 32.2. The van der Waals surface area contributed by atoms with Crippen molar-refractivity contribution in [3.63, 3.8) is 0 Å². The molecule has 1 saturated heterocycles. The Hall–Kier alpha value is -1.08. The monoisotopic (exact) mass is 393 g/mol. The quantitative estimate of drug-likeness (QED) is 0.684. The number of hydrogen-bond acceptors (Lipinski definition) is 7. The molecule has 12 heteroatoms. The maximum Gasteiger partial charge on any atom is 0.279 e. The number of aryl methyl sites for hydroxylation is 1. The van der Waals surface area contributed by atoms with E-state index in [0.717, 1.165) is 4.31 Å². The Morgan fingerprint density at radius 1 is 1.32 bits per heavy atom. The number of nitrogens with zero attached hydrogens (tertiary/aromatic N) is 4. The summed E-state index contributed by atoms with van der Waals surface area (Å²) in [6.07, 6.45) is 2.10. The lowest BCUT2D eigenvalue weighted by molar-refractivity contribution is 0.259. The van der Waals surface area contributed by atoms with E-state index in [4.69, 9.17) is 4.52 Å². The Bertz CT molecular complexity index is 865. The fraction of sp³-hybridized carbons (Fsp3) is 0.846. The summed E-state index contributed by atoms with van der Waals surface area (Å²) in [7, 11) is -4.01. The molecule has 2 fully saturated rings. The lowest BCUT2D eigenvalue weighted by Gasteiger charge is -2.25. The molecule has 142 valence electrons. The van der Waals surface area contributed by atoms with Gasteiger partial charge in [-0.2, -0.15) is 22.4 Å². The van der Waals surface area contributed by atoms with Gasteiger partial charge in [-0.25, -0.2) is 12.7 Å². The van der Waals surface area contributed by atoms with Crippen LogP contribution < -0.4 is 4.72 Å². The summed E-state index contributed by atoms with van der Waals surface area (Å²) >= 11 is 0. The van der Waals surface area contributed by atoms with E-state index >= 15 is 0 Å². The predicted octanol–water partition coefficient (Wildman–Crippen LogP) is -0.934. The fourth-order valence-corrected chi connectivity index (χ4v) is 5.54. The van der Waals surface area contributed by atoms with Crippen molar-refractivity contribution < 1.29 is 21.4 Å². The molecule has 1 aromatic heterocycles. The molecule has 0 bridgehead atoms. The third kappa shape index (κ3) is 3.33. The van der Waals surface area contributed by atoms with Gasteiger partial charge in [0.2, 0.25) is 15.9 Å². The fourth-order valence-electron chi connectivity index (χ4n) is 3.81. The molecular weight excluding hydrogens is 370 g/mol. The van der Waals surface area contributed by atoms with Crippen molar-refractivity contribution >= 4 is 20.2 Å². The van der Waals surface area contributed by atoms with Crippen LogP contribution >= 0.6 is 0 Å². The van der Waals surface area contributed by atoms with Crippen molar-refractivity contribution in [2.45, 2.75) is 31.2 Å². The Balaban J connectivity index is 1.92. The van der Waals surface area contributed by atoms with E-state index in [1.165, 1.54) is 24.7 Å². The van der Waals surface area contributed by atoms with E-state index in [2.05, 4.69) is 14.9 Å². The summed E-state index contributed by atoms with van der Waals surface area (Å²) in [6, 6.07) is -0.314. The molecule has 1 N–H and O–H groups in total. The highest BCUT2D eigenvalue weighted by Crippen LogP contribution is 2.50. The number of hydrogen-bond donors (Lipinski definition) is 1. The summed E-state index contributed by atoms with van der Waals surface area (Å²) in [5, 5.41) is 3.83. The average molecular weight is 393 g/mol. The van der Waals surface area contributed by atoms with Gasteiger partial charge in [0.15, 0.2) is 5.82 Å². The molecule has 0 radical (unpaired) electrons. The lowest BCUT2D eigenvalue weighted by Crippen LogP contribution is -2.43. The molecule has 3 atom stereocenters. The van der Waals surface area contributed by atoms with Gasteiger partial charge in [0.1, 0.15) is 0 Å². The van der Waals surface area contributed by atoms with Gasteiger partial charge < -0.3 is 4.52 Å². The first kappa shape index (κ1) is 18.7. The van der Waals surface area contributed by atoms with Crippen LogP contribution in [-0.2, 0) is 25.6 Å². The highest BCUT2D eigenvalue weighted by Gasteiger charge is 2.59. The lowest BCUT2D eigenvalue weighted by atomic mass is 9.80. The van der Waals surface area contributed by atoms with Crippen LogP contribution in [0.4, 0.5) is 0 Å². The third-order valence-electron chi connectivity index (χ3n) is 5.06. The largest absolute Gasteiger partial charge is 0.339 e. The Labute approximate surface area is 147 Å². The first-order valence-electron chi connectivity index (χ1n) is 7.90. The molecule has 0 amide bonds. The van der Waals surface area contributed by atoms with Crippen molar-refractivity contribution in [3.8, 4) is 0 Å². The summed E-state index contributed by atoms with van der Waals surface area (Å²) in [4.78, 5) is 4.32. The predicted molar refractivity (Wildman–Crippen MR) is 89.4 cm³/mol. The van der Waals surface area contributed by atoms with Crippen molar-refractivity contribution in [1.82, 2.24) is 23.5 Å². The van der Waals surface area contributed by atoms with E-state index in [9.17, 15) is 16.8 Å². The van der Waals surface area contributed by atoms with Crippen LogP contribution in [0, 0.1) is 12.8 Å². The molecule has 3 rings (SSSR count). The summed E-state index contributed by atoms with van der Waals surface area (Å²) in [5.74, 6) is 0.767. The number of nitrogens with one attached hydrogen (secondary N) is 1. The maximum absolute atomic E-state index is 12.1. The molecular formula is C13H23N5O5S2.